The first-order valence-electron chi connectivity index (χ1n) is 9.16. The predicted octanol–water partition coefficient (Wildman–Crippen LogP) is 0.353. The second-order valence-electron chi connectivity index (χ2n) is 7.19. The van der Waals surface area contributed by atoms with Crippen molar-refractivity contribution in [2.75, 3.05) is 13.8 Å². The molecule has 0 aliphatic carbocycles. The normalized spacial score (nSPS) is 23.1. The Balaban J connectivity index is 1.49. The van der Waals surface area contributed by atoms with Gasteiger partial charge in [0, 0.05) is 32.4 Å². The van der Waals surface area contributed by atoms with Crippen molar-refractivity contribution >= 4 is 16.1 Å². The first-order chi connectivity index (χ1) is 13.7. The average Bonchev–Trinajstić information content (AvgIpc) is 3.26. The molecule has 3 heterocycles. The summed E-state index contributed by atoms with van der Waals surface area (Å²) in [5.74, 6) is 0.936. The summed E-state index contributed by atoms with van der Waals surface area (Å²) in [5.41, 5.74) is 2.32. The maximum atomic E-state index is 12.8. The Morgan fingerprint density at radius 3 is 2.79 bits per heavy atom. The van der Waals surface area contributed by atoms with Gasteiger partial charge in [-0.25, -0.2) is 0 Å². The molecule has 2 atom stereocenters. The van der Waals surface area contributed by atoms with Gasteiger partial charge < -0.3 is 14.8 Å². The van der Waals surface area contributed by atoms with Crippen LogP contribution in [0.15, 0.2) is 24.4 Å². The number of hydrogen-bond donors (Lipinski definition) is 2. The van der Waals surface area contributed by atoms with Crippen molar-refractivity contribution in [1.29, 1.82) is 0 Å². The third-order valence-corrected chi connectivity index (χ3v) is 6.80. The van der Waals surface area contributed by atoms with Crippen LogP contribution < -0.4 is 19.5 Å². The van der Waals surface area contributed by atoms with E-state index in [4.69, 9.17) is 9.47 Å². The van der Waals surface area contributed by atoms with Gasteiger partial charge in [-0.2, -0.15) is 22.5 Å². The lowest BCUT2D eigenvalue weighted by molar-refractivity contribution is -0.125. The van der Waals surface area contributed by atoms with Crippen LogP contribution in [0.4, 0.5) is 0 Å². The molecule has 2 aromatic rings. The molecule has 156 valence electrons. The molecule has 0 bridgehead atoms. The number of rotatable bonds is 4. The smallest absolute Gasteiger partial charge is 0.280 e. The molecule has 0 unspecified atom stereocenters. The zero-order chi connectivity index (χ0) is 20.8. The van der Waals surface area contributed by atoms with E-state index in [9.17, 15) is 13.2 Å². The maximum absolute atomic E-state index is 12.8. The van der Waals surface area contributed by atoms with Gasteiger partial charge in [0.15, 0.2) is 11.5 Å². The van der Waals surface area contributed by atoms with Gasteiger partial charge in [-0.1, -0.05) is 6.07 Å². The van der Waals surface area contributed by atoms with Crippen LogP contribution in [0.3, 0.4) is 0 Å². The fourth-order valence-electron chi connectivity index (χ4n) is 3.63. The van der Waals surface area contributed by atoms with Gasteiger partial charge in [-0.05, 0) is 31.0 Å². The molecule has 1 amide bonds. The van der Waals surface area contributed by atoms with Crippen molar-refractivity contribution in [3.05, 3.63) is 41.2 Å². The maximum Gasteiger partial charge on any atom is 0.280 e. The minimum Gasteiger partial charge on any atom is -0.454 e. The quantitative estimate of drug-likeness (QED) is 0.736. The lowest BCUT2D eigenvalue weighted by atomic mass is 10.00. The van der Waals surface area contributed by atoms with E-state index in [0.717, 1.165) is 21.1 Å². The van der Waals surface area contributed by atoms with Crippen LogP contribution >= 0.6 is 0 Å². The minimum atomic E-state index is -3.80. The molecule has 29 heavy (non-hydrogen) atoms. The summed E-state index contributed by atoms with van der Waals surface area (Å²) in [6, 6.07) is 4.06. The number of nitrogens with one attached hydrogen (secondary N) is 2. The SMILES string of the molecule is Cc1nn(C)cc1[C@H]1C[C@@H](C(=O)NCc2ccc3c(c2)OCO3)N(C)S(=O)(=O)N1. The number of aryl methyl sites for hydroxylation is 2. The lowest BCUT2D eigenvalue weighted by Gasteiger charge is -2.36. The van der Waals surface area contributed by atoms with E-state index in [1.807, 2.05) is 13.0 Å². The van der Waals surface area contributed by atoms with Gasteiger partial charge in [0.2, 0.25) is 12.7 Å². The summed E-state index contributed by atoms with van der Waals surface area (Å²) in [6.07, 6.45) is 2.07. The Hall–Kier alpha value is -2.63. The monoisotopic (exact) mass is 421 g/mol. The van der Waals surface area contributed by atoms with Gasteiger partial charge in [-0.3, -0.25) is 9.48 Å². The highest BCUT2D eigenvalue weighted by Gasteiger charge is 2.41. The van der Waals surface area contributed by atoms with Crippen molar-refractivity contribution in [3.8, 4) is 11.5 Å². The molecule has 1 aromatic heterocycles. The highest BCUT2D eigenvalue weighted by molar-refractivity contribution is 7.87. The Morgan fingerprint density at radius 1 is 1.31 bits per heavy atom. The molecule has 0 saturated carbocycles. The van der Waals surface area contributed by atoms with E-state index in [0.29, 0.717) is 17.9 Å². The van der Waals surface area contributed by atoms with E-state index in [-0.39, 0.29) is 19.2 Å². The number of carbonyl (C=O) groups is 1. The Kier molecular flexibility index (Phi) is 4.97. The number of hydrogen-bond acceptors (Lipinski definition) is 6. The van der Waals surface area contributed by atoms with E-state index in [1.54, 1.807) is 30.1 Å². The standard InChI is InChI=1S/C18H23N5O5S/c1-11-13(9-22(2)20-11)14-7-15(23(3)29(25,26)21-14)18(24)19-8-12-4-5-16-17(6-12)28-10-27-16/h4-6,9,14-15,21H,7-8,10H2,1-3H3,(H,19,24)/t14-,15+/m1/s1. The van der Waals surface area contributed by atoms with Gasteiger partial charge in [-0.15, -0.1) is 0 Å². The number of likely N-dealkylation sites (N-methyl/N-ethyl adjacent to an activating group) is 1. The van der Waals surface area contributed by atoms with Crippen LogP contribution in [0.2, 0.25) is 0 Å². The zero-order valence-electron chi connectivity index (χ0n) is 16.4. The molecule has 2 aliphatic rings. The molecule has 4 rings (SSSR count). The summed E-state index contributed by atoms with van der Waals surface area (Å²) in [7, 11) is -0.627. The largest absolute Gasteiger partial charge is 0.454 e. The number of ether oxygens (including phenoxy) is 2. The molecule has 1 fully saturated rings. The van der Waals surface area contributed by atoms with Crippen LogP contribution in [0.5, 0.6) is 11.5 Å². The highest BCUT2D eigenvalue weighted by Crippen LogP contribution is 2.33. The van der Waals surface area contributed by atoms with E-state index < -0.39 is 22.3 Å². The Morgan fingerprint density at radius 2 is 2.07 bits per heavy atom. The minimum absolute atomic E-state index is 0.179. The molecular formula is C18H23N5O5S. The van der Waals surface area contributed by atoms with Crippen molar-refractivity contribution in [1.82, 2.24) is 24.1 Å². The molecule has 0 radical (unpaired) electrons. The van der Waals surface area contributed by atoms with Crippen LogP contribution in [0.1, 0.15) is 29.3 Å². The topological polar surface area (TPSA) is 115 Å². The second kappa shape index (κ2) is 7.32. The molecule has 1 saturated heterocycles. The fourth-order valence-corrected chi connectivity index (χ4v) is 4.90. The molecule has 11 heteroatoms. The van der Waals surface area contributed by atoms with Crippen molar-refractivity contribution in [2.45, 2.75) is 32.0 Å². The number of fused-ring (bicyclic) bond motifs is 1. The third kappa shape index (κ3) is 3.80. The molecule has 2 N–H and O–H groups in total. The molecule has 0 spiro atoms. The number of carbonyl (C=O) groups excluding carboxylic acids is 1. The van der Waals surface area contributed by atoms with Crippen LogP contribution in [-0.4, -0.2) is 48.3 Å². The number of amides is 1. The second-order valence-corrected chi connectivity index (χ2v) is 8.95. The first-order valence-corrected chi connectivity index (χ1v) is 10.6. The van der Waals surface area contributed by atoms with E-state index >= 15 is 0 Å². The molecule has 10 nitrogen and oxygen atoms in total. The Bertz CT molecular complexity index is 1050. The average molecular weight is 421 g/mol. The summed E-state index contributed by atoms with van der Waals surface area (Å²) in [4.78, 5) is 12.8. The van der Waals surface area contributed by atoms with Crippen molar-refractivity contribution in [2.24, 2.45) is 7.05 Å². The number of aromatic nitrogens is 2. The Labute approximate surface area is 169 Å². The molecular weight excluding hydrogens is 398 g/mol. The highest BCUT2D eigenvalue weighted by atomic mass is 32.2. The fraction of sp³-hybridized carbons (Fsp3) is 0.444. The lowest BCUT2D eigenvalue weighted by Crippen LogP contribution is -2.57. The van der Waals surface area contributed by atoms with Gasteiger partial charge in [0.05, 0.1) is 11.7 Å². The van der Waals surface area contributed by atoms with Crippen molar-refractivity contribution in [3.63, 3.8) is 0 Å². The van der Waals surface area contributed by atoms with Gasteiger partial charge in [0.1, 0.15) is 6.04 Å². The predicted molar refractivity (Wildman–Crippen MR) is 103 cm³/mol. The first kappa shape index (κ1) is 19.7. The summed E-state index contributed by atoms with van der Waals surface area (Å²) < 4.78 is 41.1. The summed E-state index contributed by atoms with van der Waals surface area (Å²) in [5, 5.41) is 7.10. The zero-order valence-corrected chi connectivity index (χ0v) is 17.2. The van der Waals surface area contributed by atoms with Crippen LogP contribution in [0.25, 0.3) is 0 Å². The third-order valence-electron chi connectivity index (χ3n) is 5.20. The number of benzene rings is 1. The molecule has 1 aromatic carbocycles. The van der Waals surface area contributed by atoms with Gasteiger partial charge >= 0.3 is 0 Å². The number of nitrogens with zero attached hydrogens (tertiary/aromatic N) is 3. The van der Waals surface area contributed by atoms with E-state index in [2.05, 4.69) is 15.1 Å². The van der Waals surface area contributed by atoms with Crippen LogP contribution in [0, 0.1) is 6.92 Å². The van der Waals surface area contributed by atoms with E-state index in [1.165, 1.54) is 7.05 Å². The molecule has 2 aliphatic heterocycles. The summed E-state index contributed by atoms with van der Waals surface area (Å²) in [6.45, 7) is 2.25. The van der Waals surface area contributed by atoms with Crippen molar-refractivity contribution < 1.29 is 22.7 Å². The summed E-state index contributed by atoms with van der Waals surface area (Å²) >= 11 is 0. The van der Waals surface area contributed by atoms with Gasteiger partial charge in [0.25, 0.3) is 10.2 Å². The van der Waals surface area contributed by atoms with Crippen LogP contribution in [-0.2, 0) is 28.6 Å².